The van der Waals surface area contributed by atoms with E-state index < -0.39 is 41.2 Å². The number of nitrogens with one attached hydrogen (secondary N) is 2. The van der Waals surface area contributed by atoms with Crippen molar-refractivity contribution in [3.63, 3.8) is 0 Å². The fourth-order valence-electron chi connectivity index (χ4n) is 4.00. The summed E-state index contributed by atoms with van der Waals surface area (Å²) in [5.41, 5.74) is 1.11. The molecule has 0 radical (unpaired) electrons. The van der Waals surface area contributed by atoms with E-state index in [-0.39, 0.29) is 11.8 Å². The zero-order chi connectivity index (χ0) is 25.0. The number of nitrogens with zero attached hydrogens (tertiary/aromatic N) is 2. The molecule has 3 rings (SSSR count). The molecule has 0 spiro atoms. The van der Waals surface area contributed by atoms with E-state index in [9.17, 15) is 19.2 Å². The van der Waals surface area contributed by atoms with Crippen LogP contribution >= 0.6 is 11.8 Å². The second-order valence-corrected chi connectivity index (χ2v) is 10.3. The Hall–Kier alpha value is -3.40. The fourth-order valence-corrected chi connectivity index (χ4v) is 5.14. The molecule has 10 heteroatoms. The van der Waals surface area contributed by atoms with Crippen LogP contribution < -0.4 is 10.6 Å². The van der Waals surface area contributed by atoms with Crippen LogP contribution in [0, 0.1) is 0 Å². The Morgan fingerprint density at radius 3 is 2.68 bits per heavy atom. The van der Waals surface area contributed by atoms with Crippen LogP contribution in [0.2, 0.25) is 0 Å². The molecule has 2 amide bonds. The summed E-state index contributed by atoms with van der Waals surface area (Å²) in [6, 6.07) is 6.86. The van der Waals surface area contributed by atoms with E-state index >= 15 is 0 Å². The average molecular weight is 485 g/mol. The zero-order valence-corrected chi connectivity index (χ0v) is 20.1. The molecule has 0 aliphatic carbocycles. The van der Waals surface area contributed by atoms with Crippen LogP contribution in [0.4, 0.5) is 0 Å². The van der Waals surface area contributed by atoms with Crippen molar-refractivity contribution in [3.8, 4) is 0 Å². The highest BCUT2D eigenvalue weighted by molar-refractivity contribution is 8.00. The van der Waals surface area contributed by atoms with Crippen LogP contribution in [0.25, 0.3) is 16.5 Å². The van der Waals surface area contributed by atoms with Crippen LogP contribution in [-0.4, -0.2) is 67.8 Å². The summed E-state index contributed by atoms with van der Waals surface area (Å²) in [4.78, 5) is 54.4. The van der Waals surface area contributed by atoms with Gasteiger partial charge in [-0.15, -0.1) is 11.8 Å². The maximum absolute atomic E-state index is 13.4. The molecule has 0 saturated carbocycles. The lowest BCUT2D eigenvalue weighted by Crippen LogP contribution is -2.58. The molecule has 1 aromatic carbocycles. The molecule has 1 aliphatic heterocycles. The molecule has 0 unspecified atom stereocenters. The Morgan fingerprint density at radius 1 is 1.29 bits per heavy atom. The number of rotatable bonds is 9. The number of amides is 2. The number of aldehydes is 1. The van der Waals surface area contributed by atoms with E-state index in [0.29, 0.717) is 17.7 Å². The van der Waals surface area contributed by atoms with Crippen molar-refractivity contribution in [1.29, 1.82) is 0 Å². The summed E-state index contributed by atoms with van der Waals surface area (Å²) in [6.45, 7) is 9.41. The van der Waals surface area contributed by atoms with Gasteiger partial charge in [-0.3, -0.25) is 19.4 Å². The lowest BCUT2D eigenvalue weighted by Gasteiger charge is -2.32. The first-order chi connectivity index (χ1) is 16.0. The molecule has 3 N–H and O–H groups in total. The van der Waals surface area contributed by atoms with E-state index in [2.05, 4.69) is 22.2 Å². The SMILES string of the molecule is C=C(N[C@@H](C)C(=O)N1CSC(C)(C)[C@H]1C(=O)N[C@H](C=O)CC(=O)O)c1nccc2ccccc12. The van der Waals surface area contributed by atoms with E-state index in [1.165, 1.54) is 16.7 Å². The van der Waals surface area contributed by atoms with Crippen LogP contribution in [0.3, 0.4) is 0 Å². The largest absolute Gasteiger partial charge is 0.481 e. The number of carboxylic acid groups (broad SMARTS) is 1. The van der Waals surface area contributed by atoms with Crippen molar-refractivity contribution in [2.75, 3.05) is 5.88 Å². The number of hydrogen-bond donors (Lipinski definition) is 3. The summed E-state index contributed by atoms with van der Waals surface area (Å²) in [6.07, 6.45) is 1.54. The molecule has 1 aliphatic rings. The third-order valence-electron chi connectivity index (χ3n) is 5.68. The predicted molar refractivity (Wildman–Crippen MR) is 131 cm³/mol. The highest BCUT2D eigenvalue weighted by atomic mass is 32.2. The van der Waals surface area contributed by atoms with E-state index in [1.807, 2.05) is 44.2 Å². The van der Waals surface area contributed by atoms with Crippen molar-refractivity contribution in [1.82, 2.24) is 20.5 Å². The number of carbonyl (C=O) groups excluding carboxylic acids is 3. The van der Waals surface area contributed by atoms with E-state index in [0.717, 1.165) is 10.8 Å². The third-order valence-corrected chi connectivity index (χ3v) is 7.06. The predicted octanol–water partition coefficient (Wildman–Crippen LogP) is 2.02. The van der Waals surface area contributed by atoms with Crippen molar-refractivity contribution >= 4 is 52.3 Å². The summed E-state index contributed by atoms with van der Waals surface area (Å²) >= 11 is 1.43. The van der Waals surface area contributed by atoms with Gasteiger partial charge < -0.3 is 25.4 Å². The first-order valence-corrected chi connectivity index (χ1v) is 11.7. The van der Waals surface area contributed by atoms with Crippen LogP contribution in [0.1, 0.15) is 32.9 Å². The third kappa shape index (κ3) is 5.39. The number of benzene rings is 1. The highest BCUT2D eigenvalue weighted by Gasteiger charge is 2.49. The maximum Gasteiger partial charge on any atom is 0.305 e. The monoisotopic (exact) mass is 484 g/mol. The van der Waals surface area contributed by atoms with Gasteiger partial charge in [0.25, 0.3) is 0 Å². The minimum Gasteiger partial charge on any atom is -0.481 e. The van der Waals surface area contributed by atoms with Gasteiger partial charge in [0, 0.05) is 16.3 Å². The average Bonchev–Trinajstić information content (AvgIpc) is 3.12. The topological polar surface area (TPSA) is 129 Å². The zero-order valence-electron chi connectivity index (χ0n) is 19.3. The molecule has 2 aromatic rings. The van der Waals surface area contributed by atoms with Crippen molar-refractivity contribution < 1.29 is 24.3 Å². The summed E-state index contributed by atoms with van der Waals surface area (Å²) in [5, 5.41) is 16.4. The molecule has 9 nitrogen and oxygen atoms in total. The maximum atomic E-state index is 13.4. The number of fused-ring (bicyclic) bond motifs is 1. The van der Waals surface area contributed by atoms with Gasteiger partial charge in [0.2, 0.25) is 11.8 Å². The van der Waals surface area contributed by atoms with Crippen LogP contribution in [0.5, 0.6) is 0 Å². The number of carboxylic acids is 1. The standard InChI is InChI=1S/C24H28N4O5S/c1-14(20-18-8-6-5-7-16(18)9-10-25-20)26-15(2)23(33)28-13-34-24(3,4)21(28)22(32)27-17(12-29)11-19(30)31/h5-10,12,15,17,21,26H,1,11,13H2,2-4H3,(H,27,32)(H,30,31)/t15-,17-,21+/m0/s1. The number of aliphatic carboxylic acids is 1. The quantitative estimate of drug-likeness (QED) is 0.461. The van der Waals surface area contributed by atoms with Crippen molar-refractivity contribution in [2.45, 2.75) is 50.1 Å². The Kier molecular flexibility index (Phi) is 7.61. The van der Waals surface area contributed by atoms with E-state index in [4.69, 9.17) is 5.11 Å². The lowest BCUT2D eigenvalue weighted by atomic mass is 9.99. The normalized spacial score (nSPS) is 18.7. The molecule has 1 fully saturated rings. The molecule has 34 heavy (non-hydrogen) atoms. The fraction of sp³-hybridized carbons (Fsp3) is 0.375. The number of thioether (sulfide) groups is 1. The number of pyridine rings is 1. The summed E-state index contributed by atoms with van der Waals surface area (Å²) in [5.74, 6) is -1.81. The Labute approximate surface area is 202 Å². The lowest BCUT2D eigenvalue weighted by molar-refractivity contribution is -0.142. The molecular weight excluding hydrogens is 456 g/mol. The molecule has 180 valence electrons. The van der Waals surface area contributed by atoms with Gasteiger partial charge >= 0.3 is 5.97 Å². The van der Waals surface area contributed by atoms with Gasteiger partial charge in [-0.25, -0.2) is 0 Å². The van der Waals surface area contributed by atoms with E-state index in [1.54, 1.807) is 13.1 Å². The van der Waals surface area contributed by atoms with Gasteiger partial charge in [0.15, 0.2) is 0 Å². The summed E-state index contributed by atoms with van der Waals surface area (Å²) in [7, 11) is 0. The number of carbonyl (C=O) groups is 4. The second-order valence-electron chi connectivity index (χ2n) is 8.66. The smallest absolute Gasteiger partial charge is 0.305 e. The van der Waals surface area contributed by atoms with Gasteiger partial charge in [0.05, 0.1) is 29.7 Å². The highest BCUT2D eigenvalue weighted by Crippen LogP contribution is 2.39. The second kappa shape index (κ2) is 10.3. The Morgan fingerprint density at radius 2 is 2.00 bits per heavy atom. The Bertz CT molecular complexity index is 1130. The minimum atomic E-state index is -1.20. The molecule has 0 bridgehead atoms. The molecule has 1 saturated heterocycles. The van der Waals surface area contributed by atoms with Crippen molar-refractivity contribution in [3.05, 3.63) is 48.8 Å². The Balaban J connectivity index is 1.76. The molecular formula is C24H28N4O5S. The van der Waals surface area contributed by atoms with Crippen LogP contribution in [-0.2, 0) is 19.2 Å². The van der Waals surface area contributed by atoms with Gasteiger partial charge in [0.1, 0.15) is 18.4 Å². The first kappa shape index (κ1) is 25.2. The number of hydrogen-bond acceptors (Lipinski definition) is 7. The van der Waals surface area contributed by atoms with Gasteiger partial charge in [-0.2, -0.15) is 0 Å². The minimum absolute atomic E-state index is 0.277. The van der Waals surface area contributed by atoms with Gasteiger partial charge in [-0.05, 0) is 32.2 Å². The van der Waals surface area contributed by atoms with Crippen molar-refractivity contribution in [2.24, 2.45) is 0 Å². The first-order valence-electron chi connectivity index (χ1n) is 10.8. The molecule has 3 atom stereocenters. The van der Waals surface area contributed by atoms with Gasteiger partial charge in [-0.1, -0.05) is 30.8 Å². The molecule has 2 heterocycles. The summed E-state index contributed by atoms with van der Waals surface area (Å²) < 4.78 is -0.635. The van der Waals surface area contributed by atoms with Crippen LogP contribution in [0.15, 0.2) is 43.1 Å². The number of aromatic nitrogens is 1. The molecule has 1 aromatic heterocycles.